The van der Waals surface area contributed by atoms with E-state index in [1.54, 1.807) is 25.0 Å². The zero-order chi connectivity index (χ0) is 21.0. The Morgan fingerprint density at radius 2 is 1.93 bits per heavy atom. The number of ether oxygens (including phenoxy) is 2. The summed E-state index contributed by atoms with van der Waals surface area (Å²) in [6.45, 7) is 3.63. The van der Waals surface area contributed by atoms with E-state index in [0.29, 0.717) is 56.7 Å². The summed E-state index contributed by atoms with van der Waals surface area (Å²) in [6, 6.07) is 4.59. The Hall–Kier alpha value is -2.74. The van der Waals surface area contributed by atoms with Crippen LogP contribution < -0.4 is 0 Å². The van der Waals surface area contributed by atoms with E-state index in [9.17, 15) is 19.2 Å². The smallest absolute Gasteiger partial charge is 0.310 e. The van der Waals surface area contributed by atoms with Gasteiger partial charge in [-0.05, 0) is 44.4 Å². The zero-order valence-corrected chi connectivity index (χ0v) is 16.8. The molecule has 0 radical (unpaired) electrons. The van der Waals surface area contributed by atoms with Crippen molar-refractivity contribution in [2.24, 2.45) is 5.92 Å². The topological polar surface area (TPSA) is 93.2 Å². The molecule has 1 unspecified atom stereocenters. The molecule has 1 aromatic rings. The van der Waals surface area contributed by atoms with Crippen LogP contribution in [0, 0.1) is 5.92 Å². The van der Waals surface area contributed by atoms with Gasteiger partial charge in [0.25, 0.3) is 17.7 Å². The van der Waals surface area contributed by atoms with Crippen molar-refractivity contribution in [1.29, 1.82) is 0 Å². The standard InChI is InChI=1S/C21H26N2O6/c1-3-29-21(27)15-6-4-9-22(13-15)18(24)14-7-8-16-17(12-14)20(26)23(19(16)25)10-5-11-28-2/h7-8,12,15H,3-6,9-11,13H2,1-2H3. The van der Waals surface area contributed by atoms with Gasteiger partial charge in [0.05, 0.1) is 23.7 Å². The van der Waals surface area contributed by atoms with Crippen molar-refractivity contribution in [3.05, 3.63) is 34.9 Å². The van der Waals surface area contributed by atoms with Crippen molar-refractivity contribution >= 4 is 23.7 Å². The van der Waals surface area contributed by atoms with Crippen LogP contribution >= 0.6 is 0 Å². The molecule has 0 spiro atoms. The summed E-state index contributed by atoms with van der Waals surface area (Å²) in [5, 5.41) is 0. The fraction of sp³-hybridized carbons (Fsp3) is 0.524. The van der Waals surface area contributed by atoms with E-state index in [0.717, 1.165) is 0 Å². The number of rotatable bonds is 7. The molecule has 2 aliphatic heterocycles. The first-order valence-electron chi connectivity index (χ1n) is 9.93. The highest BCUT2D eigenvalue weighted by Crippen LogP contribution is 2.26. The molecule has 1 atom stereocenters. The maximum atomic E-state index is 13.0. The SMILES string of the molecule is CCOC(=O)C1CCCN(C(=O)c2ccc3c(c2)C(=O)N(CCCOC)C3=O)C1. The molecule has 2 heterocycles. The Kier molecular flexibility index (Phi) is 6.64. The van der Waals surface area contributed by atoms with Crippen molar-refractivity contribution in [2.45, 2.75) is 26.2 Å². The maximum Gasteiger partial charge on any atom is 0.310 e. The van der Waals surface area contributed by atoms with Crippen LogP contribution in [-0.4, -0.2) is 73.4 Å². The molecule has 156 valence electrons. The number of nitrogens with zero attached hydrogens (tertiary/aromatic N) is 2. The van der Waals surface area contributed by atoms with Gasteiger partial charge in [0.2, 0.25) is 0 Å². The molecule has 2 aliphatic rings. The molecule has 1 fully saturated rings. The van der Waals surface area contributed by atoms with Crippen molar-refractivity contribution in [1.82, 2.24) is 9.80 Å². The Morgan fingerprint density at radius 1 is 1.17 bits per heavy atom. The molecule has 0 aromatic heterocycles. The minimum atomic E-state index is -0.390. The summed E-state index contributed by atoms with van der Waals surface area (Å²) >= 11 is 0. The number of imide groups is 1. The highest BCUT2D eigenvalue weighted by molar-refractivity contribution is 6.22. The molecular formula is C21H26N2O6. The van der Waals surface area contributed by atoms with Crippen LogP contribution in [0.2, 0.25) is 0 Å². The van der Waals surface area contributed by atoms with E-state index >= 15 is 0 Å². The van der Waals surface area contributed by atoms with Crippen LogP contribution in [0.4, 0.5) is 0 Å². The van der Waals surface area contributed by atoms with Crippen molar-refractivity contribution < 1.29 is 28.7 Å². The lowest BCUT2D eigenvalue weighted by molar-refractivity contribution is -0.149. The third kappa shape index (κ3) is 4.32. The molecular weight excluding hydrogens is 376 g/mol. The van der Waals surface area contributed by atoms with E-state index in [1.807, 2.05) is 0 Å². The molecule has 8 nitrogen and oxygen atoms in total. The number of piperidine rings is 1. The second kappa shape index (κ2) is 9.17. The predicted molar refractivity (Wildman–Crippen MR) is 104 cm³/mol. The third-order valence-corrected chi connectivity index (χ3v) is 5.28. The number of amides is 3. The summed E-state index contributed by atoms with van der Waals surface area (Å²) in [7, 11) is 1.56. The number of esters is 1. The lowest BCUT2D eigenvalue weighted by Gasteiger charge is -2.31. The summed E-state index contributed by atoms with van der Waals surface area (Å²) in [5.74, 6) is -1.60. The molecule has 0 aliphatic carbocycles. The first-order valence-corrected chi connectivity index (χ1v) is 9.93. The van der Waals surface area contributed by atoms with E-state index in [4.69, 9.17) is 9.47 Å². The summed E-state index contributed by atoms with van der Waals surface area (Å²) < 4.78 is 10.1. The van der Waals surface area contributed by atoms with Crippen LogP contribution in [0.15, 0.2) is 18.2 Å². The second-order valence-corrected chi connectivity index (χ2v) is 7.21. The number of hydrogen-bond acceptors (Lipinski definition) is 6. The summed E-state index contributed by atoms with van der Waals surface area (Å²) in [4.78, 5) is 52.9. The summed E-state index contributed by atoms with van der Waals surface area (Å²) in [5.41, 5.74) is 0.900. The van der Waals surface area contributed by atoms with Gasteiger partial charge in [-0.25, -0.2) is 0 Å². The highest BCUT2D eigenvalue weighted by Gasteiger charge is 2.36. The molecule has 8 heteroatoms. The Labute approximate surface area is 169 Å². The van der Waals surface area contributed by atoms with Gasteiger partial charge in [-0.15, -0.1) is 0 Å². The van der Waals surface area contributed by atoms with Crippen molar-refractivity contribution in [2.75, 3.05) is 40.0 Å². The average molecular weight is 402 g/mol. The predicted octanol–water partition coefficient (Wildman–Crippen LogP) is 1.73. The fourth-order valence-corrected chi connectivity index (χ4v) is 3.79. The quantitative estimate of drug-likeness (QED) is 0.392. The zero-order valence-electron chi connectivity index (χ0n) is 16.8. The molecule has 0 bridgehead atoms. The third-order valence-electron chi connectivity index (χ3n) is 5.28. The monoisotopic (exact) mass is 402 g/mol. The summed E-state index contributed by atoms with van der Waals surface area (Å²) in [6.07, 6.45) is 1.96. The largest absolute Gasteiger partial charge is 0.466 e. The van der Waals surface area contributed by atoms with E-state index in [-0.39, 0.29) is 35.8 Å². The van der Waals surface area contributed by atoms with E-state index < -0.39 is 5.91 Å². The van der Waals surface area contributed by atoms with Gasteiger partial charge < -0.3 is 14.4 Å². The van der Waals surface area contributed by atoms with Gasteiger partial charge in [0.15, 0.2) is 0 Å². The minimum absolute atomic E-state index is 0.247. The van der Waals surface area contributed by atoms with Gasteiger partial charge in [-0.1, -0.05) is 0 Å². The Morgan fingerprint density at radius 3 is 2.66 bits per heavy atom. The molecule has 3 amide bonds. The lowest BCUT2D eigenvalue weighted by atomic mass is 9.97. The first kappa shape index (κ1) is 21.0. The van der Waals surface area contributed by atoms with Crippen LogP contribution in [0.1, 0.15) is 57.3 Å². The molecule has 0 N–H and O–H groups in total. The Bertz CT molecular complexity index is 821. The van der Waals surface area contributed by atoms with Gasteiger partial charge in [-0.2, -0.15) is 0 Å². The fourth-order valence-electron chi connectivity index (χ4n) is 3.79. The molecule has 1 aromatic carbocycles. The van der Waals surface area contributed by atoms with Crippen LogP contribution in [0.25, 0.3) is 0 Å². The molecule has 3 rings (SSSR count). The van der Waals surface area contributed by atoms with Gasteiger partial charge in [-0.3, -0.25) is 24.1 Å². The van der Waals surface area contributed by atoms with Crippen molar-refractivity contribution in [3.8, 4) is 0 Å². The van der Waals surface area contributed by atoms with E-state index in [1.165, 1.54) is 17.0 Å². The lowest BCUT2D eigenvalue weighted by Crippen LogP contribution is -2.42. The maximum absolute atomic E-state index is 13.0. The number of methoxy groups -OCH3 is 1. The minimum Gasteiger partial charge on any atom is -0.466 e. The average Bonchev–Trinajstić information content (AvgIpc) is 2.98. The number of carbonyl (C=O) groups excluding carboxylic acids is 4. The van der Waals surface area contributed by atoms with Crippen LogP contribution in [0.5, 0.6) is 0 Å². The van der Waals surface area contributed by atoms with Crippen LogP contribution in [0.3, 0.4) is 0 Å². The molecule has 0 saturated carbocycles. The van der Waals surface area contributed by atoms with Crippen molar-refractivity contribution in [3.63, 3.8) is 0 Å². The second-order valence-electron chi connectivity index (χ2n) is 7.21. The number of benzene rings is 1. The first-order chi connectivity index (χ1) is 14.0. The highest BCUT2D eigenvalue weighted by atomic mass is 16.5. The van der Waals surface area contributed by atoms with E-state index in [2.05, 4.69) is 0 Å². The number of hydrogen-bond donors (Lipinski definition) is 0. The molecule has 1 saturated heterocycles. The normalized spacial score (nSPS) is 18.8. The number of likely N-dealkylation sites (tertiary alicyclic amines) is 1. The van der Waals surface area contributed by atoms with Gasteiger partial charge in [0, 0.05) is 38.9 Å². The van der Waals surface area contributed by atoms with Crippen LogP contribution in [-0.2, 0) is 14.3 Å². The Balaban J connectivity index is 1.73. The molecule has 29 heavy (non-hydrogen) atoms. The van der Waals surface area contributed by atoms with Gasteiger partial charge in [0.1, 0.15) is 0 Å². The number of fused-ring (bicyclic) bond motifs is 1. The van der Waals surface area contributed by atoms with Gasteiger partial charge >= 0.3 is 5.97 Å². The number of carbonyl (C=O) groups is 4.